The van der Waals surface area contributed by atoms with Gasteiger partial charge in [-0.3, -0.25) is 4.79 Å². The minimum Gasteiger partial charge on any atom is -0.474 e. The summed E-state index contributed by atoms with van der Waals surface area (Å²) in [7, 11) is 1.73. The molecule has 0 aromatic carbocycles. The highest BCUT2D eigenvalue weighted by atomic mass is 19.1. The molecule has 3 N–H and O–H groups in total. The molecular weight excluding hydrogens is 329 g/mol. The third-order valence-corrected chi connectivity index (χ3v) is 3.67. The van der Waals surface area contributed by atoms with E-state index in [2.05, 4.69) is 31.0 Å². The molecule has 0 unspecified atom stereocenters. The number of nitrogens with one attached hydrogen (secondary N) is 3. The number of fused-ring (bicyclic) bond motifs is 3. The van der Waals surface area contributed by atoms with Gasteiger partial charge in [-0.1, -0.05) is 0 Å². The average Bonchev–Trinajstić information content (AvgIpc) is 3.03. The van der Waals surface area contributed by atoms with Gasteiger partial charge in [0.15, 0.2) is 11.5 Å². The van der Waals surface area contributed by atoms with Crippen molar-refractivity contribution in [2.45, 2.75) is 0 Å². The standard InChI is InChI=1S/C15H14FN7O2/c1-17-12-6-11-20-10-3-2-9(16)15(22-10)25-5-4-18-14(24)8-7-19-23(12)13(8)21-11/h2-3,6-7,17H,4-5H2,1H3,(H,18,24)(H,20,21,22). The number of rotatable bonds is 1. The van der Waals surface area contributed by atoms with E-state index in [1.54, 1.807) is 13.1 Å². The molecule has 1 amide bonds. The minimum absolute atomic E-state index is 0.0797. The van der Waals surface area contributed by atoms with Crippen LogP contribution in [0.15, 0.2) is 24.4 Å². The van der Waals surface area contributed by atoms with Crippen molar-refractivity contribution in [2.75, 3.05) is 30.8 Å². The first kappa shape index (κ1) is 15.1. The second-order valence-electron chi connectivity index (χ2n) is 5.28. The summed E-state index contributed by atoms with van der Waals surface area (Å²) >= 11 is 0. The number of carbonyl (C=O) groups is 1. The first-order valence-electron chi connectivity index (χ1n) is 7.57. The zero-order valence-electron chi connectivity index (χ0n) is 13.2. The Morgan fingerprint density at radius 3 is 3.04 bits per heavy atom. The van der Waals surface area contributed by atoms with Gasteiger partial charge >= 0.3 is 0 Å². The van der Waals surface area contributed by atoms with Crippen molar-refractivity contribution in [3.05, 3.63) is 35.8 Å². The zero-order valence-corrected chi connectivity index (χ0v) is 13.2. The van der Waals surface area contributed by atoms with Crippen LogP contribution in [0.2, 0.25) is 0 Å². The first-order valence-corrected chi connectivity index (χ1v) is 7.57. The number of ether oxygens (including phenoxy) is 1. The van der Waals surface area contributed by atoms with Crippen molar-refractivity contribution < 1.29 is 13.9 Å². The molecule has 10 heteroatoms. The maximum Gasteiger partial charge on any atom is 0.256 e. The van der Waals surface area contributed by atoms with Crippen molar-refractivity contribution in [2.24, 2.45) is 0 Å². The number of carbonyl (C=O) groups excluding carboxylic acids is 1. The van der Waals surface area contributed by atoms with Crippen LogP contribution in [0.1, 0.15) is 10.4 Å². The minimum atomic E-state index is -0.581. The molecule has 128 valence electrons. The Hall–Kier alpha value is -3.43. The Morgan fingerprint density at radius 1 is 1.32 bits per heavy atom. The summed E-state index contributed by atoms with van der Waals surface area (Å²) in [5.41, 5.74) is 0.708. The zero-order chi connectivity index (χ0) is 17.4. The molecule has 0 saturated heterocycles. The lowest BCUT2D eigenvalue weighted by atomic mass is 10.3. The molecule has 4 bridgehead atoms. The van der Waals surface area contributed by atoms with E-state index in [9.17, 15) is 9.18 Å². The Bertz CT molecular complexity index is 972. The van der Waals surface area contributed by atoms with Crippen molar-refractivity contribution >= 4 is 29.0 Å². The number of halogens is 1. The number of pyridine rings is 1. The fourth-order valence-electron chi connectivity index (χ4n) is 2.50. The fraction of sp³-hybridized carbons (Fsp3) is 0.200. The third kappa shape index (κ3) is 2.67. The van der Waals surface area contributed by atoms with Crippen molar-refractivity contribution in [3.8, 4) is 5.88 Å². The Kier molecular flexibility index (Phi) is 3.56. The molecule has 0 saturated carbocycles. The number of hydrogen-bond donors (Lipinski definition) is 3. The smallest absolute Gasteiger partial charge is 0.256 e. The van der Waals surface area contributed by atoms with Gasteiger partial charge in [0, 0.05) is 13.1 Å². The lowest BCUT2D eigenvalue weighted by Gasteiger charge is -2.10. The van der Waals surface area contributed by atoms with Gasteiger partial charge < -0.3 is 20.7 Å². The third-order valence-electron chi connectivity index (χ3n) is 3.67. The first-order chi connectivity index (χ1) is 12.2. The van der Waals surface area contributed by atoms with E-state index in [0.717, 1.165) is 0 Å². The van der Waals surface area contributed by atoms with Gasteiger partial charge in [0.25, 0.3) is 11.8 Å². The summed E-state index contributed by atoms with van der Waals surface area (Å²) in [5, 5.41) is 12.9. The van der Waals surface area contributed by atoms with Crippen LogP contribution >= 0.6 is 0 Å². The van der Waals surface area contributed by atoms with Crippen LogP contribution in [0.25, 0.3) is 5.65 Å². The quantitative estimate of drug-likeness (QED) is 0.609. The second kappa shape index (κ2) is 5.89. The summed E-state index contributed by atoms with van der Waals surface area (Å²) in [5.74, 6) is 0.356. The van der Waals surface area contributed by atoms with Gasteiger partial charge in [-0.2, -0.15) is 14.6 Å². The largest absolute Gasteiger partial charge is 0.474 e. The molecule has 4 heterocycles. The molecule has 0 radical (unpaired) electrons. The van der Waals surface area contributed by atoms with Crippen LogP contribution in [-0.4, -0.2) is 45.7 Å². The maximum atomic E-state index is 13.8. The molecular formula is C15H14FN7O2. The molecule has 9 nitrogen and oxygen atoms in total. The highest BCUT2D eigenvalue weighted by Crippen LogP contribution is 2.23. The van der Waals surface area contributed by atoms with E-state index in [0.29, 0.717) is 28.7 Å². The van der Waals surface area contributed by atoms with Gasteiger partial charge in [0.05, 0.1) is 12.7 Å². The predicted molar refractivity (Wildman–Crippen MR) is 87.8 cm³/mol. The molecule has 0 aliphatic carbocycles. The molecule has 0 spiro atoms. The van der Waals surface area contributed by atoms with Crippen molar-refractivity contribution in [3.63, 3.8) is 0 Å². The van der Waals surface area contributed by atoms with Gasteiger partial charge in [-0.15, -0.1) is 0 Å². The lowest BCUT2D eigenvalue weighted by molar-refractivity contribution is 0.0947. The van der Waals surface area contributed by atoms with E-state index in [1.807, 2.05) is 0 Å². The molecule has 4 rings (SSSR count). The van der Waals surface area contributed by atoms with E-state index in [-0.39, 0.29) is 24.9 Å². The predicted octanol–water partition coefficient (Wildman–Crippen LogP) is 1.17. The van der Waals surface area contributed by atoms with Crippen molar-refractivity contribution in [1.29, 1.82) is 0 Å². The van der Waals surface area contributed by atoms with Gasteiger partial charge in [-0.25, -0.2) is 9.37 Å². The molecule has 25 heavy (non-hydrogen) atoms. The van der Waals surface area contributed by atoms with E-state index < -0.39 is 5.82 Å². The molecule has 0 fully saturated rings. The van der Waals surface area contributed by atoms with Crippen LogP contribution < -0.4 is 20.7 Å². The normalized spacial score (nSPS) is 13.9. The van der Waals surface area contributed by atoms with Crippen LogP contribution in [0, 0.1) is 5.82 Å². The number of hydrogen-bond acceptors (Lipinski definition) is 7. The van der Waals surface area contributed by atoms with Crippen LogP contribution in [0.3, 0.4) is 0 Å². The number of anilines is 3. The summed E-state index contributed by atoms with van der Waals surface area (Å²) < 4.78 is 20.6. The number of aromatic nitrogens is 4. The fourth-order valence-corrected chi connectivity index (χ4v) is 2.50. The Balaban J connectivity index is 1.88. The SMILES string of the molecule is CNc1cc2nc3c(cnn13)C(=O)NCCOc1nc(ccc1F)N2. The summed E-state index contributed by atoms with van der Waals surface area (Å²) in [6.07, 6.45) is 1.45. The monoisotopic (exact) mass is 343 g/mol. The Labute approximate surface area is 141 Å². The van der Waals surface area contributed by atoms with Crippen LogP contribution in [0.4, 0.5) is 21.8 Å². The van der Waals surface area contributed by atoms with Crippen molar-refractivity contribution in [1.82, 2.24) is 24.9 Å². The highest BCUT2D eigenvalue weighted by Gasteiger charge is 2.18. The Morgan fingerprint density at radius 2 is 2.20 bits per heavy atom. The molecule has 3 aromatic rings. The van der Waals surface area contributed by atoms with Gasteiger partial charge in [0.2, 0.25) is 0 Å². The summed E-state index contributed by atoms with van der Waals surface area (Å²) in [6, 6.07) is 4.44. The van der Waals surface area contributed by atoms with Crippen LogP contribution in [0.5, 0.6) is 5.88 Å². The topological polar surface area (TPSA) is 105 Å². The van der Waals surface area contributed by atoms with Gasteiger partial charge in [0.1, 0.15) is 29.6 Å². The number of nitrogens with zero attached hydrogens (tertiary/aromatic N) is 4. The van der Waals surface area contributed by atoms with Gasteiger partial charge in [-0.05, 0) is 12.1 Å². The van der Waals surface area contributed by atoms with Crippen LogP contribution in [-0.2, 0) is 0 Å². The molecule has 3 aromatic heterocycles. The maximum absolute atomic E-state index is 13.8. The highest BCUT2D eigenvalue weighted by molar-refractivity contribution is 6.00. The number of amides is 1. The molecule has 0 atom stereocenters. The van der Waals surface area contributed by atoms with E-state index >= 15 is 0 Å². The molecule has 1 aliphatic heterocycles. The second-order valence-corrected chi connectivity index (χ2v) is 5.28. The average molecular weight is 343 g/mol. The van der Waals surface area contributed by atoms with E-state index in [4.69, 9.17) is 4.74 Å². The summed E-state index contributed by atoms with van der Waals surface area (Å²) in [4.78, 5) is 20.9. The van der Waals surface area contributed by atoms with E-state index in [1.165, 1.54) is 22.8 Å². The lowest BCUT2D eigenvalue weighted by Crippen LogP contribution is -2.28. The molecule has 1 aliphatic rings. The summed E-state index contributed by atoms with van der Waals surface area (Å²) in [6.45, 7) is 0.268.